The minimum Gasteiger partial charge on any atom is -0.472 e. The fourth-order valence-corrected chi connectivity index (χ4v) is 3.77. The van der Waals surface area contributed by atoms with E-state index in [1.165, 1.54) is 37.9 Å². The number of ether oxygens (including phenoxy) is 2. The van der Waals surface area contributed by atoms with E-state index in [0.29, 0.717) is 36.5 Å². The number of alkyl halides is 2. The second-order valence-electron chi connectivity index (χ2n) is 6.81. The number of hydrogen-bond donors (Lipinski definition) is 0. The van der Waals surface area contributed by atoms with E-state index in [9.17, 15) is 8.78 Å². The van der Waals surface area contributed by atoms with E-state index in [2.05, 4.69) is 20.0 Å². The number of nitrogens with zero attached hydrogens (tertiary/aromatic N) is 4. The zero-order valence-electron chi connectivity index (χ0n) is 14.9. The molecule has 0 spiro atoms. The SMILES string of the molecule is FC(F)COc1cc(-c2noc(C3COCCN3C3CCCC3)n2)ccn1. The highest BCUT2D eigenvalue weighted by molar-refractivity contribution is 5.55. The van der Waals surface area contributed by atoms with Gasteiger partial charge in [-0.3, -0.25) is 4.90 Å². The smallest absolute Gasteiger partial charge is 0.272 e. The quantitative estimate of drug-likeness (QED) is 0.762. The zero-order chi connectivity index (χ0) is 18.6. The predicted octanol–water partition coefficient (Wildman–Crippen LogP) is 3.09. The first-order chi connectivity index (χ1) is 13.2. The van der Waals surface area contributed by atoms with Gasteiger partial charge in [-0.25, -0.2) is 13.8 Å². The summed E-state index contributed by atoms with van der Waals surface area (Å²) in [7, 11) is 0. The third kappa shape index (κ3) is 4.24. The first-order valence-electron chi connectivity index (χ1n) is 9.25. The van der Waals surface area contributed by atoms with Crippen molar-refractivity contribution in [2.24, 2.45) is 0 Å². The van der Waals surface area contributed by atoms with Crippen LogP contribution in [-0.2, 0) is 4.74 Å². The highest BCUT2D eigenvalue weighted by atomic mass is 19.3. The molecule has 2 aromatic rings. The van der Waals surface area contributed by atoms with Crippen molar-refractivity contribution in [3.63, 3.8) is 0 Å². The minimum atomic E-state index is -2.56. The molecule has 2 aromatic heterocycles. The summed E-state index contributed by atoms with van der Waals surface area (Å²) in [5, 5.41) is 4.06. The first kappa shape index (κ1) is 18.2. The second-order valence-corrected chi connectivity index (χ2v) is 6.81. The van der Waals surface area contributed by atoms with Crippen molar-refractivity contribution < 1.29 is 22.8 Å². The average molecular weight is 380 g/mol. The van der Waals surface area contributed by atoms with Gasteiger partial charge in [0.25, 0.3) is 6.43 Å². The van der Waals surface area contributed by atoms with Crippen LogP contribution in [0.25, 0.3) is 11.4 Å². The van der Waals surface area contributed by atoms with E-state index in [4.69, 9.17) is 14.0 Å². The standard InChI is InChI=1S/C18H22F2N4O3/c19-15(20)11-26-16-9-12(5-6-21-16)17-22-18(27-23-17)14-10-25-8-7-24(14)13-3-1-2-4-13/h5-6,9,13-15H,1-4,7-8,10-11H2. The van der Waals surface area contributed by atoms with Gasteiger partial charge in [-0.1, -0.05) is 18.0 Å². The van der Waals surface area contributed by atoms with Crippen molar-refractivity contribution in [3.05, 3.63) is 24.2 Å². The van der Waals surface area contributed by atoms with Gasteiger partial charge in [0.05, 0.1) is 13.2 Å². The molecule has 1 saturated heterocycles. The van der Waals surface area contributed by atoms with Crippen molar-refractivity contribution in [1.82, 2.24) is 20.0 Å². The summed E-state index contributed by atoms with van der Waals surface area (Å²) in [5.41, 5.74) is 0.605. The van der Waals surface area contributed by atoms with Crippen LogP contribution in [0.1, 0.15) is 37.6 Å². The Labute approximate surface area is 155 Å². The summed E-state index contributed by atoms with van der Waals surface area (Å²) in [6.45, 7) is 1.39. The molecule has 146 valence electrons. The monoisotopic (exact) mass is 380 g/mol. The first-order valence-corrected chi connectivity index (χ1v) is 9.25. The van der Waals surface area contributed by atoms with Gasteiger partial charge in [-0.2, -0.15) is 4.98 Å². The number of morpholine rings is 1. The maximum Gasteiger partial charge on any atom is 0.272 e. The second kappa shape index (κ2) is 8.26. The Morgan fingerprint density at radius 2 is 2.15 bits per heavy atom. The van der Waals surface area contributed by atoms with Crippen molar-refractivity contribution in [2.45, 2.75) is 44.2 Å². The molecule has 1 aliphatic carbocycles. The lowest BCUT2D eigenvalue weighted by Gasteiger charge is -2.37. The van der Waals surface area contributed by atoms with Crippen LogP contribution in [0, 0.1) is 0 Å². The molecule has 0 aromatic carbocycles. The molecule has 9 heteroatoms. The van der Waals surface area contributed by atoms with Gasteiger partial charge in [0.2, 0.25) is 17.6 Å². The predicted molar refractivity (Wildman–Crippen MR) is 91.6 cm³/mol. The van der Waals surface area contributed by atoms with Gasteiger partial charge in [0, 0.05) is 30.4 Å². The largest absolute Gasteiger partial charge is 0.472 e. The highest BCUT2D eigenvalue weighted by Gasteiger charge is 2.35. The number of hydrogen-bond acceptors (Lipinski definition) is 7. The Bertz CT molecular complexity index is 752. The molecule has 3 heterocycles. The summed E-state index contributed by atoms with van der Waals surface area (Å²) < 4.78 is 40.7. The molecule has 4 rings (SSSR count). The maximum atomic E-state index is 12.3. The van der Waals surface area contributed by atoms with Crippen LogP contribution >= 0.6 is 0 Å². The molecule has 1 saturated carbocycles. The molecule has 1 aliphatic heterocycles. The van der Waals surface area contributed by atoms with Crippen LogP contribution in [0.4, 0.5) is 8.78 Å². The average Bonchev–Trinajstić information content (AvgIpc) is 3.39. The summed E-state index contributed by atoms with van der Waals surface area (Å²) in [4.78, 5) is 10.9. The zero-order valence-corrected chi connectivity index (χ0v) is 14.9. The molecule has 0 radical (unpaired) electrons. The van der Waals surface area contributed by atoms with Crippen molar-refractivity contribution in [1.29, 1.82) is 0 Å². The Morgan fingerprint density at radius 1 is 1.30 bits per heavy atom. The lowest BCUT2D eigenvalue weighted by molar-refractivity contribution is -0.0397. The summed E-state index contributed by atoms with van der Waals surface area (Å²) in [6, 6.07) is 3.70. The summed E-state index contributed by atoms with van der Waals surface area (Å²) >= 11 is 0. The van der Waals surface area contributed by atoms with Gasteiger partial charge in [-0.15, -0.1) is 0 Å². The van der Waals surface area contributed by atoms with Crippen LogP contribution in [0.15, 0.2) is 22.9 Å². The van der Waals surface area contributed by atoms with Crippen molar-refractivity contribution in [2.75, 3.05) is 26.4 Å². The maximum absolute atomic E-state index is 12.3. The van der Waals surface area contributed by atoms with E-state index >= 15 is 0 Å². The lowest BCUT2D eigenvalue weighted by Crippen LogP contribution is -2.44. The van der Waals surface area contributed by atoms with E-state index < -0.39 is 13.0 Å². The van der Waals surface area contributed by atoms with E-state index in [1.807, 2.05) is 0 Å². The molecular weight excluding hydrogens is 358 g/mol. The third-order valence-corrected chi connectivity index (χ3v) is 5.04. The van der Waals surface area contributed by atoms with Gasteiger partial charge >= 0.3 is 0 Å². The normalized spacial score (nSPS) is 21.8. The highest BCUT2D eigenvalue weighted by Crippen LogP contribution is 2.33. The van der Waals surface area contributed by atoms with Gasteiger partial charge in [0.1, 0.15) is 6.04 Å². The molecule has 2 aliphatic rings. The van der Waals surface area contributed by atoms with Crippen molar-refractivity contribution in [3.8, 4) is 17.3 Å². The van der Waals surface area contributed by atoms with Gasteiger partial charge in [-0.05, 0) is 18.9 Å². The topological polar surface area (TPSA) is 73.5 Å². The number of rotatable bonds is 6. The lowest BCUT2D eigenvalue weighted by atomic mass is 10.1. The summed E-state index contributed by atoms with van der Waals surface area (Å²) in [6.07, 6.45) is 3.80. The fourth-order valence-electron chi connectivity index (χ4n) is 3.77. The van der Waals surface area contributed by atoms with E-state index in [0.717, 1.165) is 6.54 Å². The molecule has 0 bridgehead atoms. The Hall–Kier alpha value is -2.13. The van der Waals surface area contributed by atoms with Gasteiger partial charge < -0.3 is 14.0 Å². The molecule has 0 amide bonds. The van der Waals surface area contributed by atoms with E-state index in [1.54, 1.807) is 6.07 Å². The number of aromatic nitrogens is 3. The Balaban J connectivity index is 1.51. The number of halogens is 2. The molecule has 1 atom stereocenters. The molecule has 27 heavy (non-hydrogen) atoms. The molecule has 0 N–H and O–H groups in total. The van der Waals surface area contributed by atoms with Crippen LogP contribution in [0.5, 0.6) is 5.88 Å². The van der Waals surface area contributed by atoms with Crippen molar-refractivity contribution >= 4 is 0 Å². The third-order valence-electron chi connectivity index (χ3n) is 5.04. The molecule has 1 unspecified atom stereocenters. The summed E-state index contributed by atoms with van der Waals surface area (Å²) in [5.74, 6) is 1.00. The van der Waals surface area contributed by atoms with Crippen LogP contribution in [-0.4, -0.2) is 58.9 Å². The Morgan fingerprint density at radius 3 is 2.96 bits per heavy atom. The molecule has 2 fully saturated rings. The van der Waals surface area contributed by atoms with Crippen LogP contribution in [0.3, 0.4) is 0 Å². The molecular formula is C18H22F2N4O3. The molecule has 7 nitrogen and oxygen atoms in total. The fraction of sp³-hybridized carbons (Fsp3) is 0.611. The van der Waals surface area contributed by atoms with Crippen LogP contribution < -0.4 is 4.74 Å². The van der Waals surface area contributed by atoms with Crippen LogP contribution in [0.2, 0.25) is 0 Å². The number of pyridine rings is 1. The van der Waals surface area contributed by atoms with Gasteiger partial charge in [0.15, 0.2) is 6.61 Å². The Kier molecular flexibility index (Phi) is 5.58. The minimum absolute atomic E-state index is 0.0560. The van der Waals surface area contributed by atoms with E-state index in [-0.39, 0.29) is 11.9 Å².